The lowest BCUT2D eigenvalue weighted by Gasteiger charge is -2.22. The topological polar surface area (TPSA) is 81.1 Å². The van der Waals surface area contributed by atoms with Crippen LogP contribution in [0.1, 0.15) is 61.3 Å². The number of rotatable bonds is 5. The normalized spacial score (nSPS) is 15.3. The first kappa shape index (κ1) is 18.4. The summed E-state index contributed by atoms with van der Waals surface area (Å²) in [5.74, 6) is -0.314. The van der Waals surface area contributed by atoms with Gasteiger partial charge in [-0.05, 0) is 51.3 Å². The van der Waals surface area contributed by atoms with E-state index in [4.69, 9.17) is 0 Å². The van der Waals surface area contributed by atoms with Gasteiger partial charge < -0.3 is 0 Å². The van der Waals surface area contributed by atoms with Gasteiger partial charge in [0.15, 0.2) is 5.69 Å². The predicted octanol–water partition coefficient (Wildman–Crippen LogP) is 3.25. The number of aromatic nitrogens is 2. The third kappa shape index (κ3) is 4.40. The van der Waals surface area contributed by atoms with E-state index in [1.54, 1.807) is 18.2 Å². The molecule has 3 rings (SSSR count). The Morgan fingerprint density at radius 2 is 1.88 bits per heavy atom. The molecule has 6 nitrogen and oxygen atoms in total. The van der Waals surface area contributed by atoms with Crippen molar-refractivity contribution < 1.29 is 13.2 Å². The second-order valence-electron chi connectivity index (χ2n) is 7.50. The molecule has 1 heterocycles. The fraction of sp³-hybridized carbons (Fsp3) is 0.368. The van der Waals surface area contributed by atoms with Crippen LogP contribution in [0.5, 0.6) is 0 Å². The number of amides is 1. The van der Waals surface area contributed by atoms with Crippen molar-refractivity contribution in [2.75, 3.05) is 0 Å². The number of hydrogen-bond acceptors (Lipinski definition) is 4. The molecule has 1 aliphatic carbocycles. The molecule has 7 heteroatoms. The minimum Gasteiger partial charge on any atom is -0.266 e. The summed E-state index contributed by atoms with van der Waals surface area (Å²) in [6, 6.07) is 10.7. The van der Waals surface area contributed by atoms with Crippen molar-refractivity contribution in [3.8, 4) is 0 Å². The Labute approximate surface area is 154 Å². The van der Waals surface area contributed by atoms with Gasteiger partial charge in [0.2, 0.25) is 0 Å². The molecule has 0 bridgehead atoms. The second-order valence-corrected chi connectivity index (χ2v) is 9.07. The van der Waals surface area contributed by atoms with Gasteiger partial charge in [0.05, 0.1) is 10.9 Å². The van der Waals surface area contributed by atoms with Gasteiger partial charge in [-0.15, -0.1) is 0 Å². The number of carbonyl (C=O) groups excluding carboxylic acids is 1. The molecule has 138 valence electrons. The number of carbonyl (C=O) groups is 1. The van der Waals surface area contributed by atoms with Gasteiger partial charge in [0.1, 0.15) is 0 Å². The number of hydrogen-bond donors (Lipinski definition) is 1. The molecular formula is C19H23N3O3S. The number of benzene rings is 1. The van der Waals surface area contributed by atoms with Crippen LogP contribution in [0.2, 0.25) is 0 Å². The van der Waals surface area contributed by atoms with Crippen molar-refractivity contribution in [2.45, 2.75) is 45.1 Å². The van der Waals surface area contributed by atoms with Crippen LogP contribution in [0.15, 0.2) is 41.8 Å². The van der Waals surface area contributed by atoms with E-state index in [0.717, 1.165) is 29.5 Å². The first-order valence-electron chi connectivity index (χ1n) is 8.56. The van der Waals surface area contributed by atoms with E-state index < -0.39 is 15.9 Å². The maximum Gasteiger partial charge on any atom is 0.285 e. The van der Waals surface area contributed by atoms with Crippen molar-refractivity contribution in [1.29, 1.82) is 0 Å². The summed E-state index contributed by atoms with van der Waals surface area (Å²) in [5, 5.41) is 5.35. The summed E-state index contributed by atoms with van der Waals surface area (Å²) in [5.41, 5.74) is 1.57. The zero-order valence-electron chi connectivity index (χ0n) is 15.1. The van der Waals surface area contributed by atoms with Crippen LogP contribution in [-0.2, 0) is 15.6 Å². The van der Waals surface area contributed by atoms with E-state index in [0.29, 0.717) is 5.92 Å². The summed E-state index contributed by atoms with van der Waals surface area (Å²) in [4.78, 5) is 12.4. The van der Waals surface area contributed by atoms with Crippen LogP contribution in [0, 0.1) is 0 Å². The van der Waals surface area contributed by atoms with Gasteiger partial charge in [-0.2, -0.15) is 5.10 Å². The minimum absolute atomic E-state index is 0.124. The van der Waals surface area contributed by atoms with Gasteiger partial charge in [-0.1, -0.05) is 30.3 Å². The molecule has 1 N–H and O–H groups in total. The summed E-state index contributed by atoms with van der Waals surface area (Å²) in [7, 11) is -3.90. The SMILES string of the molecule is CC(C)(C)n1nc(C(=O)NS(=O)(=O)/C=C/c2ccccc2)cc1C1CC1. The average molecular weight is 373 g/mol. The van der Waals surface area contributed by atoms with Crippen LogP contribution in [0.3, 0.4) is 0 Å². The van der Waals surface area contributed by atoms with Crippen molar-refractivity contribution in [1.82, 2.24) is 14.5 Å². The van der Waals surface area contributed by atoms with Gasteiger partial charge in [-0.3, -0.25) is 9.48 Å². The smallest absolute Gasteiger partial charge is 0.266 e. The Bertz CT molecular complexity index is 934. The Hall–Kier alpha value is -2.41. The van der Waals surface area contributed by atoms with Crippen molar-refractivity contribution in [3.63, 3.8) is 0 Å². The molecule has 0 saturated heterocycles. The quantitative estimate of drug-likeness (QED) is 0.872. The van der Waals surface area contributed by atoms with E-state index in [1.165, 1.54) is 6.08 Å². The monoisotopic (exact) mass is 373 g/mol. The van der Waals surface area contributed by atoms with Crippen LogP contribution >= 0.6 is 0 Å². The molecule has 2 aromatic rings. The molecule has 1 saturated carbocycles. The fourth-order valence-electron chi connectivity index (χ4n) is 2.66. The zero-order valence-corrected chi connectivity index (χ0v) is 16.0. The Morgan fingerprint density at radius 3 is 2.46 bits per heavy atom. The van der Waals surface area contributed by atoms with Crippen LogP contribution in [-0.4, -0.2) is 24.1 Å². The highest BCUT2D eigenvalue weighted by Crippen LogP contribution is 2.41. The Kier molecular flexibility index (Phi) is 4.75. The molecule has 1 aromatic carbocycles. The maximum atomic E-state index is 12.4. The highest BCUT2D eigenvalue weighted by molar-refractivity contribution is 7.93. The molecule has 26 heavy (non-hydrogen) atoms. The van der Waals surface area contributed by atoms with Crippen LogP contribution < -0.4 is 4.72 Å². The standard InChI is InChI=1S/C19H23N3O3S/c1-19(2,3)22-17(15-9-10-15)13-16(20-22)18(23)21-26(24,25)12-11-14-7-5-4-6-8-14/h4-8,11-13,15H,9-10H2,1-3H3,(H,21,23)/b12-11+. The summed E-state index contributed by atoms with van der Waals surface area (Å²) in [6.07, 6.45) is 3.58. The van der Waals surface area contributed by atoms with Crippen molar-refractivity contribution in [3.05, 3.63) is 58.8 Å². The van der Waals surface area contributed by atoms with Crippen LogP contribution in [0.4, 0.5) is 0 Å². The van der Waals surface area contributed by atoms with Gasteiger partial charge >= 0.3 is 0 Å². The number of sulfonamides is 1. The molecule has 0 radical (unpaired) electrons. The Morgan fingerprint density at radius 1 is 1.23 bits per heavy atom. The Balaban J connectivity index is 1.78. The average Bonchev–Trinajstić information content (AvgIpc) is 3.30. The van der Waals surface area contributed by atoms with E-state index in [-0.39, 0.29) is 11.2 Å². The van der Waals surface area contributed by atoms with E-state index in [1.807, 2.05) is 43.7 Å². The molecule has 0 spiro atoms. The van der Waals surface area contributed by atoms with Gasteiger partial charge in [0, 0.05) is 11.6 Å². The fourth-order valence-corrected chi connectivity index (χ4v) is 3.43. The first-order chi connectivity index (χ1) is 12.2. The molecule has 0 atom stereocenters. The van der Waals surface area contributed by atoms with E-state index in [9.17, 15) is 13.2 Å². The van der Waals surface area contributed by atoms with Crippen molar-refractivity contribution >= 4 is 22.0 Å². The van der Waals surface area contributed by atoms with E-state index in [2.05, 4.69) is 9.82 Å². The second kappa shape index (κ2) is 6.72. The molecule has 1 amide bonds. The third-order valence-corrected chi connectivity index (χ3v) is 5.04. The molecular weight excluding hydrogens is 350 g/mol. The predicted molar refractivity (Wildman–Crippen MR) is 101 cm³/mol. The summed E-state index contributed by atoms with van der Waals surface area (Å²) >= 11 is 0. The highest BCUT2D eigenvalue weighted by atomic mass is 32.2. The largest absolute Gasteiger partial charge is 0.285 e. The van der Waals surface area contributed by atoms with E-state index >= 15 is 0 Å². The molecule has 1 aromatic heterocycles. The maximum absolute atomic E-state index is 12.4. The third-order valence-electron chi connectivity index (χ3n) is 4.07. The highest BCUT2D eigenvalue weighted by Gasteiger charge is 2.32. The lowest BCUT2D eigenvalue weighted by Crippen LogP contribution is -2.30. The lowest BCUT2D eigenvalue weighted by molar-refractivity contribution is 0.0975. The first-order valence-corrected chi connectivity index (χ1v) is 10.1. The summed E-state index contributed by atoms with van der Waals surface area (Å²) in [6.45, 7) is 6.02. The molecule has 0 unspecified atom stereocenters. The molecule has 0 aliphatic heterocycles. The number of nitrogens with zero attached hydrogens (tertiary/aromatic N) is 2. The molecule has 1 fully saturated rings. The molecule has 1 aliphatic rings. The number of nitrogens with one attached hydrogen (secondary N) is 1. The van der Waals surface area contributed by atoms with Gasteiger partial charge in [-0.25, -0.2) is 13.1 Å². The van der Waals surface area contributed by atoms with Crippen LogP contribution in [0.25, 0.3) is 6.08 Å². The zero-order chi connectivity index (χ0) is 18.9. The minimum atomic E-state index is -3.90. The summed E-state index contributed by atoms with van der Waals surface area (Å²) < 4.78 is 28.2. The van der Waals surface area contributed by atoms with Crippen molar-refractivity contribution in [2.24, 2.45) is 0 Å². The lowest BCUT2D eigenvalue weighted by atomic mass is 10.1. The van der Waals surface area contributed by atoms with Gasteiger partial charge in [0.25, 0.3) is 15.9 Å².